The zero-order valence-corrected chi connectivity index (χ0v) is 16.6. The number of carbonyl (C=O) groups is 1. The zero-order valence-electron chi connectivity index (χ0n) is 16.6. The molecular weight excluding hydrogens is 362 g/mol. The number of nitrogens with zero attached hydrogens (tertiary/aromatic N) is 3. The van der Waals surface area contributed by atoms with Gasteiger partial charge in [0.1, 0.15) is 5.69 Å². The first-order valence-electron chi connectivity index (χ1n) is 9.96. The molecule has 0 unspecified atom stereocenters. The predicted octanol–water partition coefficient (Wildman–Crippen LogP) is 4.25. The van der Waals surface area contributed by atoms with Crippen LogP contribution >= 0.6 is 0 Å². The molecule has 0 atom stereocenters. The van der Waals surface area contributed by atoms with E-state index >= 15 is 0 Å². The molecule has 0 saturated carbocycles. The normalized spacial score (nSPS) is 13.3. The van der Waals surface area contributed by atoms with Crippen LogP contribution in [0.5, 0.6) is 0 Å². The molecule has 0 aliphatic carbocycles. The fourth-order valence-corrected chi connectivity index (χ4v) is 3.38. The summed E-state index contributed by atoms with van der Waals surface area (Å²) in [6.45, 7) is 4.86. The topological polar surface area (TPSA) is 70.2 Å². The van der Waals surface area contributed by atoms with Crippen molar-refractivity contribution in [3.05, 3.63) is 77.6 Å². The van der Waals surface area contributed by atoms with Gasteiger partial charge in [-0.1, -0.05) is 29.8 Å². The van der Waals surface area contributed by atoms with E-state index in [1.807, 2.05) is 12.1 Å². The van der Waals surface area contributed by atoms with E-state index in [-0.39, 0.29) is 5.91 Å². The number of hydrogen-bond donors (Lipinski definition) is 2. The lowest BCUT2D eigenvalue weighted by molar-refractivity contribution is 0.102. The lowest BCUT2D eigenvalue weighted by atomic mass is 10.1. The standard InChI is InChI=1S/C23H25N5O/c1-17-4-6-18(7-5-17)16-25-23-24-13-12-21(27-23)22(29)26-19-8-10-20(11-9-19)28-14-2-3-15-28/h4-13H,2-3,14-16H2,1H3,(H,26,29)(H,24,25,27). The minimum absolute atomic E-state index is 0.250. The molecule has 0 spiro atoms. The van der Waals surface area contributed by atoms with Crippen molar-refractivity contribution in [2.24, 2.45) is 0 Å². The Bertz CT molecular complexity index is 963. The second-order valence-corrected chi connectivity index (χ2v) is 7.30. The van der Waals surface area contributed by atoms with Gasteiger partial charge in [0.25, 0.3) is 5.91 Å². The number of benzene rings is 2. The Morgan fingerprint density at radius 1 is 1.00 bits per heavy atom. The second kappa shape index (κ2) is 8.73. The van der Waals surface area contributed by atoms with Gasteiger partial charge in [0.05, 0.1) is 0 Å². The summed E-state index contributed by atoms with van der Waals surface area (Å²) in [5.74, 6) is 0.183. The number of aryl methyl sites for hydroxylation is 1. The van der Waals surface area contributed by atoms with Gasteiger partial charge < -0.3 is 15.5 Å². The minimum Gasteiger partial charge on any atom is -0.372 e. The van der Waals surface area contributed by atoms with Crippen LogP contribution in [-0.2, 0) is 6.54 Å². The average molecular weight is 387 g/mol. The number of amides is 1. The third kappa shape index (κ3) is 4.90. The van der Waals surface area contributed by atoms with Crippen LogP contribution in [0.3, 0.4) is 0 Å². The van der Waals surface area contributed by atoms with Crippen molar-refractivity contribution in [3.63, 3.8) is 0 Å². The van der Waals surface area contributed by atoms with Crippen molar-refractivity contribution in [1.29, 1.82) is 0 Å². The highest BCUT2D eigenvalue weighted by atomic mass is 16.1. The molecule has 1 amide bonds. The van der Waals surface area contributed by atoms with Crippen molar-refractivity contribution >= 4 is 23.2 Å². The van der Waals surface area contributed by atoms with Gasteiger partial charge >= 0.3 is 0 Å². The molecule has 1 aliphatic heterocycles. The lowest BCUT2D eigenvalue weighted by Gasteiger charge is -2.17. The smallest absolute Gasteiger partial charge is 0.274 e. The van der Waals surface area contributed by atoms with Crippen LogP contribution in [0.15, 0.2) is 60.8 Å². The van der Waals surface area contributed by atoms with E-state index < -0.39 is 0 Å². The molecule has 2 aromatic carbocycles. The molecule has 1 fully saturated rings. The largest absolute Gasteiger partial charge is 0.372 e. The van der Waals surface area contributed by atoms with Gasteiger partial charge in [0, 0.05) is 37.2 Å². The lowest BCUT2D eigenvalue weighted by Crippen LogP contribution is -2.18. The molecule has 2 N–H and O–H groups in total. The highest BCUT2D eigenvalue weighted by Gasteiger charge is 2.13. The number of hydrogen-bond acceptors (Lipinski definition) is 5. The maximum Gasteiger partial charge on any atom is 0.274 e. The molecule has 2 heterocycles. The Labute approximate surface area is 171 Å². The summed E-state index contributed by atoms with van der Waals surface area (Å²) >= 11 is 0. The van der Waals surface area contributed by atoms with Gasteiger partial charge in [-0.15, -0.1) is 0 Å². The molecule has 3 aromatic rings. The Balaban J connectivity index is 1.37. The first kappa shape index (κ1) is 18.9. The Morgan fingerprint density at radius 2 is 1.72 bits per heavy atom. The first-order chi connectivity index (χ1) is 14.2. The van der Waals surface area contributed by atoms with Gasteiger partial charge in [-0.3, -0.25) is 4.79 Å². The zero-order chi connectivity index (χ0) is 20.1. The van der Waals surface area contributed by atoms with Crippen molar-refractivity contribution in [2.75, 3.05) is 28.6 Å². The fourth-order valence-electron chi connectivity index (χ4n) is 3.38. The molecule has 29 heavy (non-hydrogen) atoms. The van der Waals surface area contributed by atoms with E-state index in [2.05, 4.69) is 68.8 Å². The van der Waals surface area contributed by atoms with Gasteiger partial charge in [-0.2, -0.15) is 0 Å². The van der Waals surface area contributed by atoms with Gasteiger partial charge in [0.2, 0.25) is 5.95 Å². The Hall–Kier alpha value is -3.41. The maximum absolute atomic E-state index is 12.6. The molecule has 6 nitrogen and oxygen atoms in total. The second-order valence-electron chi connectivity index (χ2n) is 7.30. The van der Waals surface area contributed by atoms with Crippen LogP contribution in [0, 0.1) is 6.92 Å². The molecular formula is C23H25N5O. The van der Waals surface area contributed by atoms with Crippen molar-refractivity contribution in [1.82, 2.24) is 9.97 Å². The third-order valence-electron chi connectivity index (χ3n) is 5.06. The molecule has 148 valence electrons. The van der Waals surface area contributed by atoms with E-state index in [1.165, 1.54) is 24.1 Å². The number of carbonyl (C=O) groups excluding carboxylic acids is 1. The SMILES string of the molecule is Cc1ccc(CNc2nccc(C(=O)Nc3ccc(N4CCCC4)cc3)n2)cc1. The molecule has 0 radical (unpaired) electrons. The molecule has 0 bridgehead atoms. The highest BCUT2D eigenvalue weighted by Crippen LogP contribution is 2.22. The predicted molar refractivity (Wildman–Crippen MR) is 116 cm³/mol. The number of nitrogens with one attached hydrogen (secondary N) is 2. The van der Waals surface area contributed by atoms with Crippen molar-refractivity contribution < 1.29 is 4.79 Å². The summed E-state index contributed by atoms with van der Waals surface area (Å²) in [4.78, 5) is 23.5. The van der Waals surface area contributed by atoms with Crippen LogP contribution in [0.1, 0.15) is 34.5 Å². The average Bonchev–Trinajstić information content (AvgIpc) is 3.29. The summed E-state index contributed by atoms with van der Waals surface area (Å²) in [7, 11) is 0. The van der Waals surface area contributed by atoms with E-state index in [1.54, 1.807) is 12.3 Å². The van der Waals surface area contributed by atoms with Crippen molar-refractivity contribution in [2.45, 2.75) is 26.3 Å². The summed E-state index contributed by atoms with van der Waals surface area (Å²) in [6, 6.07) is 17.8. The number of anilines is 3. The fraction of sp³-hybridized carbons (Fsp3) is 0.261. The van der Waals surface area contributed by atoms with Crippen LogP contribution in [0.2, 0.25) is 0 Å². The molecule has 6 heteroatoms. The summed E-state index contributed by atoms with van der Waals surface area (Å²) in [6.07, 6.45) is 4.08. The summed E-state index contributed by atoms with van der Waals surface area (Å²) in [5.41, 5.74) is 4.63. The van der Waals surface area contributed by atoms with Gasteiger partial charge in [-0.05, 0) is 55.7 Å². The van der Waals surface area contributed by atoms with Crippen LogP contribution in [-0.4, -0.2) is 29.0 Å². The molecule has 1 saturated heterocycles. The van der Waals surface area contributed by atoms with E-state index in [0.29, 0.717) is 18.2 Å². The Morgan fingerprint density at radius 3 is 2.45 bits per heavy atom. The number of rotatable bonds is 6. The molecule has 1 aliphatic rings. The summed E-state index contributed by atoms with van der Waals surface area (Å²) in [5, 5.41) is 6.08. The Kier molecular flexibility index (Phi) is 5.70. The monoisotopic (exact) mass is 387 g/mol. The van der Waals surface area contributed by atoms with Crippen molar-refractivity contribution in [3.8, 4) is 0 Å². The van der Waals surface area contributed by atoms with E-state index in [9.17, 15) is 4.79 Å². The minimum atomic E-state index is -0.250. The molecule has 4 rings (SSSR count). The van der Waals surface area contributed by atoms with E-state index in [0.717, 1.165) is 24.3 Å². The number of aromatic nitrogens is 2. The maximum atomic E-state index is 12.6. The first-order valence-corrected chi connectivity index (χ1v) is 9.96. The third-order valence-corrected chi connectivity index (χ3v) is 5.06. The quantitative estimate of drug-likeness (QED) is 0.662. The van der Waals surface area contributed by atoms with Gasteiger partial charge in [0.15, 0.2) is 0 Å². The van der Waals surface area contributed by atoms with E-state index in [4.69, 9.17) is 0 Å². The highest BCUT2D eigenvalue weighted by molar-refractivity contribution is 6.03. The summed E-state index contributed by atoms with van der Waals surface area (Å²) < 4.78 is 0. The molecule has 1 aromatic heterocycles. The van der Waals surface area contributed by atoms with Crippen LogP contribution in [0.4, 0.5) is 17.3 Å². The van der Waals surface area contributed by atoms with Crippen LogP contribution < -0.4 is 15.5 Å². The van der Waals surface area contributed by atoms with Gasteiger partial charge in [-0.25, -0.2) is 9.97 Å². The van der Waals surface area contributed by atoms with Crippen LogP contribution in [0.25, 0.3) is 0 Å².